The van der Waals surface area contributed by atoms with Crippen LogP contribution < -0.4 is 5.73 Å². The van der Waals surface area contributed by atoms with Gasteiger partial charge in [0.25, 0.3) is 5.69 Å². The summed E-state index contributed by atoms with van der Waals surface area (Å²) in [5, 5.41) is 32.3. The van der Waals surface area contributed by atoms with E-state index < -0.39 is 29.5 Å². The predicted molar refractivity (Wildman–Crippen MR) is 146 cm³/mol. The minimum Gasteiger partial charge on any atom is -0.394 e. The number of nitrogens with zero attached hydrogens (tertiary/aromatic N) is 4. The third-order valence-electron chi connectivity index (χ3n) is 6.80. The molecule has 1 saturated heterocycles. The van der Waals surface area contributed by atoms with Crippen molar-refractivity contribution in [1.82, 2.24) is 14.5 Å². The Balaban J connectivity index is 1.62. The van der Waals surface area contributed by atoms with Crippen molar-refractivity contribution in [3.05, 3.63) is 57.5 Å². The highest BCUT2D eigenvalue weighted by atomic mass is 16.6. The lowest BCUT2D eigenvalue weighted by Gasteiger charge is -2.22. The summed E-state index contributed by atoms with van der Waals surface area (Å²) in [5.74, 6) is 5.93. The molecule has 4 rings (SSSR count). The molecule has 4 N–H and O–H groups in total. The van der Waals surface area contributed by atoms with E-state index in [9.17, 15) is 25.1 Å². The van der Waals surface area contributed by atoms with Crippen LogP contribution in [0.2, 0.25) is 0 Å². The number of nitro benzene ring substituents is 1. The van der Waals surface area contributed by atoms with Gasteiger partial charge < -0.3 is 30.0 Å². The van der Waals surface area contributed by atoms with Crippen LogP contribution in [-0.2, 0) is 20.9 Å². The molecule has 0 saturated carbocycles. The van der Waals surface area contributed by atoms with Crippen molar-refractivity contribution in [2.24, 2.45) is 5.92 Å². The fourth-order valence-corrected chi connectivity index (χ4v) is 4.81. The first-order valence-corrected chi connectivity index (χ1v) is 13.0. The Bertz CT molecular complexity index is 1460. The summed E-state index contributed by atoms with van der Waals surface area (Å²) in [6, 6.07) is 4.79. The number of aliphatic hydroxyl groups excluding tert-OH is 2. The van der Waals surface area contributed by atoms with Crippen molar-refractivity contribution in [1.29, 1.82) is 0 Å². The summed E-state index contributed by atoms with van der Waals surface area (Å²) in [5.41, 5.74) is 8.13. The fourth-order valence-electron chi connectivity index (χ4n) is 4.81. The zero-order chi connectivity index (χ0) is 29.0. The van der Waals surface area contributed by atoms with Gasteiger partial charge >= 0.3 is 0 Å². The number of Topliss-reactive ketones (excluding diaryl/α,β-unsaturated/α-hetero) is 1. The van der Waals surface area contributed by atoms with Crippen LogP contribution in [0.4, 0.5) is 11.5 Å². The van der Waals surface area contributed by atoms with Crippen molar-refractivity contribution in [3.63, 3.8) is 0 Å². The van der Waals surface area contributed by atoms with Gasteiger partial charge in [0.2, 0.25) is 0 Å². The van der Waals surface area contributed by atoms with Gasteiger partial charge in [0, 0.05) is 42.7 Å². The highest BCUT2D eigenvalue weighted by Crippen LogP contribution is 2.37. The summed E-state index contributed by atoms with van der Waals surface area (Å²) < 4.78 is 13.9. The Morgan fingerprint density at radius 1 is 1.38 bits per heavy atom. The molecule has 1 aliphatic rings. The van der Waals surface area contributed by atoms with Crippen molar-refractivity contribution in [2.45, 2.75) is 71.2 Å². The largest absolute Gasteiger partial charge is 0.394 e. The number of nitro groups is 1. The van der Waals surface area contributed by atoms with E-state index in [2.05, 4.69) is 21.8 Å². The lowest BCUT2D eigenvalue weighted by atomic mass is 9.96. The van der Waals surface area contributed by atoms with Gasteiger partial charge in [0.05, 0.1) is 41.3 Å². The highest BCUT2D eigenvalue weighted by Gasteiger charge is 2.36. The van der Waals surface area contributed by atoms with Crippen LogP contribution in [0.5, 0.6) is 0 Å². The maximum absolute atomic E-state index is 12.0. The topological polar surface area (TPSA) is 176 Å². The van der Waals surface area contributed by atoms with Crippen molar-refractivity contribution < 1.29 is 29.4 Å². The quantitative estimate of drug-likeness (QED) is 0.193. The number of rotatable bonds is 10. The van der Waals surface area contributed by atoms with Gasteiger partial charge in [-0.05, 0) is 25.0 Å². The molecule has 1 aliphatic heterocycles. The van der Waals surface area contributed by atoms with E-state index in [0.29, 0.717) is 40.6 Å². The van der Waals surface area contributed by atoms with Gasteiger partial charge in [-0.25, -0.2) is 9.97 Å². The van der Waals surface area contributed by atoms with Gasteiger partial charge in [0.1, 0.15) is 35.9 Å². The highest BCUT2D eigenvalue weighted by molar-refractivity contribution is 5.89. The number of carbonyl (C=O) groups is 1. The predicted octanol–water partition coefficient (Wildman–Crippen LogP) is 3.20. The minimum atomic E-state index is -0.834. The number of ether oxygens (including phenoxy) is 2. The number of nitrogen functional groups attached to an aromatic ring is 1. The Morgan fingerprint density at radius 2 is 2.15 bits per heavy atom. The molecule has 12 nitrogen and oxygen atoms in total. The fraction of sp³-hybridized carbons (Fsp3) is 0.464. The first-order chi connectivity index (χ1) is 19.1. The molecule has 1 aromatic carbocycles. The van der Waals surface area contributed by atoms with Crippen molar-refractivity contribution >= 4 is 28.3 Å². The number of hydrogen-bond acceptors (Lipinski definition) is 10. The molecule has 0 spiro atoms. The Labute approximate surface area is 231 Å². The van der Waals surface area contributed by atoms with Crippen LogP contribution >= 0.6 is 0 Å². The van der Waals surface area contributed by atoms with Crippen LogP contribution in [0.3, 0.4) is 0 Å². The molecule has 1 unspecified atom stereocenters. The van der Waals surface area contributed by atoms with E-state index >= 15 is 0 Å². The third kappa shape index (κ3) is 6.29. The lowest BCUT2D eigenvalue weighted by molar-refractivity contribution is -0.386. The number of ketones is 1. The number of benzene rings is 1. The Hall–Kier alpha value is -3.89. The molecule has 0 aliphatic carbocycles. The number of fused-ring (bicyclic) bond motifs is 1. The second-order valence-corrected chi connectivity index (χ2v) is 10.1. The lowest BCUT2D eigenvalue weighted by Crippen LogP contribution is -2.24. The van der Waals surface area contributed by atoms with E-state index in [1.165, 1.54) is 19.3 Å². The molecule has 4 atom stereocenters. The molecule has 2 aromatic heterocycles. The van der Waals surface area contributed by atoms with E-state index in [4.69, 9.17) is 15.2 Å². The van der Waals surface area contributed by atoms with E-state index in [1.807, 2.05) is 13.8 Å². The first-order valence-electron chi connectivity index (χ1n) is 13.0. The molecule has 40 heavy (non-hydrogen) atoms. The monoisotopic (exact) mass is 551 g/mol. The molecule has 3 aromatic rings. The molecular weight excluding hydrogens is 518 g/mol. The summed E-state index contributed by atoms with van der Waals surface area (Å²) >= 11 is 0. The number of anilines is 1. The van der Waals surface area contributed by atoms with Gasteiger partial charge in [-0.1, -0.05) is 25.7 Å². The molecule has 0 bridgehead atoms. The number of nitrogens with two attached hydrogens (primary N) is 1. The maximum Gasteiger partial charge on any atom is 0.276 e. The number of aromatic nitrogens is 3. The summed E-state index contributed by atoms with van der Waals surface area (Å²) in [4.78, 5) is 31.2. The van der Waals surface area contributed by atoms with Gasteiger partial charge in [-0.2, -0.15) is 0 Å². The molecule has 0 radical (unpaired) electrons. The van der Waals surface area contributed by atoms with Crippen LogP contribution in [0.15, 0.2) is 30.7 Å². The third-order valence-corrected chi connectivity index (χ3v) is 6.80. The average Bonchev–Trinajstić information content (AvgIpc) is 3.47. The van der Waals surface area contributed by atoms with Gasteiger partial charge in [-0.3, -0.25) is 14.9 Å². The van der Waals surface area contributed by atoms with Gasteiger partial charge in [-0.15, -0.1) is 0 Å². The summed E-state index contributed by atoms with van der Waals surface area (Å²) in [7, 11) is 0. The standard InChI is InChI=1S/C28H33N5O7/c1-16(2)26(20-9-8-18(10-21(20)33(37)38)7-5-4-6-17(3)35)39-14-19-12-32(24-11-22(36)23(13-34)40-24)28-25(19)27(29)30-15-31-28/h8-10,12,15-16,22-24,26,34,36H,4,6,11,13-14H2,1-3H3,(H2,29,30,31)/t22?,23-,24-,26-/m1/s1. The van der Waals surface area contributed by atoms with Crippen molar-refractivity contribution in [3.8, 4) is 11.8 Å². The number of carbonyl (C=O) groups excluding carboxylic acids is 1. The number of aliphatic hydroxyl groups is 2. The normalized spacial score (nSPS) is 19.5. The molecule has 1 fully saturated rings. The molecule has 3 heterocycles. The van der Waals surface area contributed by atoms with Crippen molar-refractivity contribution in [2.75, 3.05) is 12.3 Å². The van der Waals surface area contributed by atoms with Gasteiger partial charge in [0.15, 0.2) is 0 Å². The minimum absolute atomic E-state index is 0.0340. The molecule has 12 heteroatoms. The Morgan fingerprint density at radius 3 is 2.80 bits per heavy atom. The average molecular weight is 552 g/mol. The second-order valence-electron chi connectivity index (χ2n) is 10.1. The Kier molecular flexibility index (Phi) is 9.11. The summed E-state index contributed by atoms with van der Waals surface area (Å²) in [6.07, 6.45) is 1.30. The smallest absolute Gasteiger partial charge is 0.276 e. The second kappa shape index (κ2) is 12.5. The molecular formula is C28H33N5O7. The molecule has 0 amide bonds. The van der Waals surface area contributed by atoms with Crippen LogP contribution in [0, 0.1) is 27.9 Å². The van der Waals surface area contributed by atoms with Crippen LogP contribution in [-0.4, -0.2) is 54.3 Å². The van der Waals surface area contributed by atoms with E-state index in [0.717, 1.165) is 0 Å². The maximum atomic E-state index is 12.0. The SMILES string of the molecule is CC(=O)CCC#Cc1ccc([C@H](OCc2cn([C@H]3CC(O)[C@@H](CO)O3)c3ncnc(N)c23)C(C)C)c([N+](=O)[O-])c1. The number of hydrogen-bond donors (Lipinski definition) is 3. The van der Waals surface area contributed by atoms with E-state index in [-0.39, 0.29) is 42.8 Å². The van der Waals surface area contributed by atoms with E-state index in [1.54, 1.807) is 22.9 Å². The van der Waals surface area contributed by atoms with Crippen LogP contribution in [0.25, 0.3) is 11.0 Å². The zero-order valence-electron chi connectivity index (χ0n) is 22.6. The molecule has 212 valence electrons. The van der Waals surface area contributed by atoms with Crippen LogP contribution in [0.1, 0.15) is 69.1 Å². The zero-order valence-corrected chi connectivity index (χ0v) is 22.6. The first kappa shape index (κ1) is 29.1. The summed E-state index contributed by atoms with van der Waals surface area (Å²) in [6.45, 7) is 5.04.